The highest BCUT2D eigenvalue weighted by Gasteiger charge is 2.38. The van der Waals surface area contributed by atoms with Gasteiger partial charge in [0, 0.05) is 30.6 Å². The van der Waals surface area contributed by atoms with E-state index < -0.39 is 29.6 Å². The molecule has 1 unspecified atom stereocenters. The second-order valence-electron chi connectivity index (χ2n) is 8.32. The lowest BCUT2D eigenvalue weighted by atomic mass is 10.0. The van der Waals surface area contributed by atoms with Crippen LogP contribution in [0.3, 0.4) is 0 Å². The molecule has 3 amide bonds. The number of para-hydroxylation sites is 1. The first kappa shape index (κ1) is 22.2. The molecule has 8 heteroatoms. The van der Waals surface area contributed by atoms with Crippen LogP contribution in [-0.4, -0.2) is 27.3 Å². The Labute approximate surface area is 200 Å². The summed E-state index contributed by atoms with van der Waals surface area (Å²) in [6, 6.07) is 16.8. The fraction of sp³-hybridized carbons (Fsp3) is 0.111. The van der Waals surface area contributed by atoms with E-state index in [-0.39, 0.29) is 22.3 Å². The first-order valence-corrected chi connectivity index (χ1v) is 11.0. The van der Waals surface area contributed by atoms with Crippen molar-refractivity contribution in [3.63, 3.8) is 0 Å². The number of imidazole rings is 1. The summed E-state index contributed by atoms with van der Waals surface area (Å²) in [5, 5.41) is 2.83. The third-order valence-corrected chi connectivity index (χ3v) is 6.11. The maximum Gasteiger partial charge on any atom is 0.266 e. The van der Waals surface area contributed by atoms with Gasteiger partial charge >= 0.3 is 0 Å². The minimum atomic E-state index is -0.863. The number of imide groups is 1. The average molecular weight is 468 g/mol. The maximum atomic E-state index is 14.7. The van der Waals surface area contributed by atoms with E-state index in [2.05, 4.69) is 10.3 Å². The van der Waals surface area contributed by atoms with Gasteiger partial charge < -0.3 is 9.88 Å². The quantitative estimate of drug-likeness (QED) is 0.445. The lowest BCUT2D eigenvalue weighted by molar-refractivity contribution is 0.0922. The second kappa shape index (κ2) is 8.64. The van der Waals surface area contributed by atoms with E-state index in [1.165, 1.54) is 24.3 Å². The summed E-state index contributed by atoms with van der Waals surface area (Å²) >= 11 is 0. The van der Waals surface area contributed by atoms with Crippen molar-refractivity contribution in [1.82, 2.24) is 14.9 Å². The third-order valence-electron chi connectivity index (χ3n) is 6.11. The summed E-state index contributed by atoms with van der Waals surface area (Å²) in [4.78, 5) is 44.8. The number of anilines is 1. The van der Waals surface area contributed by atoms with E-state index in [0.717, 1.165) is 10.5 Å². The molecule has 2 heterocycles. The molecular formula is C27H21FN4O3. The molecule has 0 saturated carbocycles. The molecule has 1 atom stereocenters. The van der Waals surface area contributed by atoms with E-state index in [1.807, 2.05) is 19.1 Å². The van der Waals surface area contributed by atoms with Gasteiger partial charge in [-0.2, -0.15) is 0 Å². The number of nitrogens with one attached hydrogen (secondary N) is 1. The molecular weight excluding hydrogens is 447 g/mol. The molecule has 1 N–H and O–H groups in total. The fourth-order valence-electron chi connectivity index (χ4n) is 4.28. The molecule has 3 aromatic carbocycles. The molecule has 0 aliphatic carbocycles. The number of rotatable bonds is 5. The number of aryl methyl sites for hydroxylation is 2. The number of nitrogens with zero attached hydrogens (tertiary/aromatic N) is 3. The van der Waals surface area contributed by atoms with Gasteiger partial charge in [0.15, 0.2) is 0 Å². The molecule has 5 rings (SSSR count). The summed E-state index contributed by atoms with van der Waals surface area (Å²) in [6.07, 6.45) is 3.27. The van der Waals surface area contributed by atoms with Crippen molar-refractivity contribution in [2.75, 3.05) is 4.90 Å². The molecule has 174 valence electrons. The molecule has 0 fully saturated rings. The molecule has 1 aromatic heterocycles. The SMILES string of the molecule is Cc1ccccc1N1C(=O)c2ccc(C(=O)NC(c3ccccc3F)c3nccn3C)cc2C1=O. The molecule has 0 bridgehead atoms. The number of fused-ring (bicyclic) bond motifs is 1. The van der Waals surface area contributed by atoms with Crippen LogP contribution in [0.25, 0.3) is 0 Å². The summed E-state index contributed by atoms with van der Waals surface area (Å²) in [5.74, 6) is -1.50. The van der Waals surface area contributed by atoms with Gasteiger partial charge in [0.1, 0.15) is 17.7 Å². The van der Waals surface area contributed by atoms with Crippen LogP contribution in [0.5, 0.6) is 0 Å². The van der Waals surface area contributed by atoms with Gasteiger partial charge in [-0.1, -0.05) is 36.4 Å². The predicted octanol–water partition coefficient (Wildman–Crippen LogP) is 4.19. The number of aromatic nitrogens is 2. The molecule has 35 heavy (non-hydrogen) atoms. The monoisotopic (exact) mass is 468 g/mol. The first-order valence-electron chi connectivity index (χ1n) is 11.0. The Bertz CT molecular complexity index is 1490. The standard InChI is InChI=1S/C27H21FN4O3/c1-16-7-3-6-10-22(16)32-26(34)18-12-11-17(15-20(18)27(32)35)25(33)30-23(24-29-13-14-31(24)2)19-8-4-5-9-21(19)28/h3-15,23H,1-2H3,(H,30,33). The fourth-order valence-corrected chi connectivity index (χ4v) is 4.28. The number of carbonyl (C=O) groups is 3. The molecule has 4 aromatic rings. The Morgan fingerprint density at radius 2 is 1.69 bits per heavy atom. The third kappa shape index (κ3) is 3.78. The van der Waals surface area contributed by atoms with Crippen LogP contribution < -0.4 is 10.2 Å². The molecule has 0 spiro atoms. The van der Waals surface area contributed by atoms with E-state index in [1.54, 1.807) is 54.3 Å². The van der Waals surface area contributed by atoms with Crippen molar-refractivity contribution in [3.05, 3.63) is 119 Å². The Morgan fingerprint density at radius 1 is 0.971 bits per heavy atom. The lowest BCUT2D eigenvalue weighted by Crippen LogP contribution is -2.32. The predicted molar refractivity (Wildman–Crippen MR) is 128 cm³/mol. The van der Waals surface area contributed by atoms with Gasteiger partial charge in [0.05, 0.1) is 16.8 Å². The molecule has 0 radical (unpaired) electrons. The van der Waals surface area contributed by atoms with E-state index >= 15 is 0 Å². The average Bonchev–Trinajstić information content (AvgIpc) is 3.38. The summed E-state index contributed by atoms with van der Waals surface area (Å²) in [7, 11) is 1.75. The van der Waals surface area contributed by atoms with Gasteiger partial charge in [-0.3, -0.25) is 14.4 Å². The first-order chi connectivity index (χ1) is 16.9. The van der Waals surface area contributed by atoms with E-state index in [4.69, 9.17) is 0 Å². The van der Waals surface area contributed by atoms with Crippen LogP contribution in [0.15, 0.2) is 79.1 Å². The van der Waals surface area contributed by atoms with Crippen LogP contribution in [0.4, 0.5) is 10.1 Å². The van der Waals surface area contributed by atoms with Crippen molar-refractivity contribution >= 4 is 23.4 Å². The van der Waals surface area contributed by atoms with Crippen molar-refractivity contribution in [2.45, 2.75) is 13.0 Å². The highest BCUT2D eigenvalue weighted by atomic mass is 19.1. The number of carbonyl (C=O) groups excluding carboxylic acids is 3. The minimum Gasteiger partial charge on any atom is -0.338 e. The topological polar surface area (TPSA) is 84.3 Å². The van der Waals surface area contributed by atoms with Crippen molar-refractivity contribution < 1.29 is 18.8 Å². The van der Waals surface area contributed by atoms with Gasteiger partial charge in [-0.05, 0) is 42.8 Å². The summed E-state index contributed by atoms with van der Waals surface area (Å²) in [5.41, 5.74) is 2.08. The van der Waals surface area contributed by atoms with Crippen molar-refractivity contribution in [2.24, 2.45) is 7.05 Å². The number of amides is 3. The van der Waals surface area contributed by atoms with Crippen LogP contribution in [0, 0.1) is 12.7 Å². The molecule has 1 aliphatic rings. The lowest BCUT2D eigenvalue weighted by Gasteiger charge is -2.20. The summed E-state index contributed by atoms with van der Waals surface area (Å²) in [6.45, 7) is 1.82. The number of hydrogen-bond acceptors (Lipinski definition) is 4. The van der Waals surface area contributed by atoms with Gasteiger partial charge in [0.2, 0.25) is 0 Å². The molecule has 0 saturated heterocycles. The highest BCUT2D eigenvalue weighted by Crippen LogP contribution is 2.31. The highest BCUT2D eigenvalue weighted by molar-refractivity contribution is 6.35. The zero-order chi connectivity index (χ0) is 24.7. The zero-order valence-electron chi connectivity index (χ0n) is 19.0. The Hall–Kier alpha value is -4.59. The second-order valence-corrected chi connectivity index (χ2v) is 8.32. The number of hydrogen-bond donors (Lipinski definition) is 1. The van der Waals surface area contributed by atoms with Crippen LogP contribution >= 0.6 is 0 Å². The van der Waals surface area contributed by atoms with Gasteiger partial charge in [-0.15, -0.1) is 0 Å². The van der Waals surface area contributed by atoms with E-state index in [9.17, 15) is 18.8 Å². The largest absolute Gasteiger partial charge is 0.338 e. The Morgan fingerprint density at radius 3 is 2.40 bits per heavy atom. The smallest absolute Gasteiger partial charge is 0.266 e. The maximum absolute atomic E-state index is 14.7. The van der Waals surface area contributed by atoms with Crippen molar-refractivity contribution in [3.8, 4) is 0 Å². The summed E-state index contributed by atoms with van der Waals surface area (Å²) < 4.78 is 16.3. The zero-order valence-corrected chi connectivity index (χ0v) is 19.0. The number of halogens is 1. The van der Waals surface area contributed by atoms with Crippen molar-refractivity contribution in [1.29, 1.82) is 0 Å². The van der Waals surface area contributed by atoms with Crippen LogP contribution in [-0.2, 0) is 7.05 Å². The molecule has 7 nitrogen and oxygen atoms in total. The van der Waals surface area contributed by atoms with Crippen LogP contribution in [0.1, 0.15) is 54.1 Å². The Kier molecular flexibility index (Phi) is 5.49. The van der Waals surface area contributed by atoms with Gasteiger partial charge in [0.25, 0.3) is 17.7 Å². The van der Waals surface area contributed by atoms with Crippen LogP contribution in [0.2, 0.25) is 0 Å². The Balaban J connectivity index is 1.48. The minimum absolute atomic E-state index is 0.144. The molecule has 1 aliphatic heterocycles. The van der Waals surface area contributed by atoms with Gasteiger partial charge in [-0.25, -0.2) is 14.3 Å². The van der Waals surface area contributed by atoms with E-state index in [0.29, 0.717) is 11.5 Å². The number of benzene rings is 3. The normalized spacial score (nSPS) is 13.6.